The van der Waals surface area contributed by atoms with E-state index in [-0.39, 0.29) is 6.61 Å². The Hall–Kier alpha value is -0.780. The lowest BCUT2D eigenvalue weighted by Crippen LogP contribution is -2.16. The Balaban J connectivity index is 2.92. The number of aliphatic hydroxyl groups excluding tert-OH is 1. The third-order valence-corrected chi connectivity index (χ3v) is 3.09. The normalized spacial score (nSPS) is 12.3. The second-order valence-corrected chi connectivity index (χ2v) is 4.77. The average molecular weight is 318 g/mol. The van der Waals surface area contributed by atoms with Crippen molar-refractivity contribution in [2.24, 2.45) is 5.73 Å². The smallest absolute Gasteiger partial charge is 0.175 e. The molecular weight excluding hydrogens is 298 g/mol. The van der Waals surface area contributed by atoms with E-state index in [9.17, 15) is 5.11 Å². The number of rotatable bonds is 7. The highest BCUT2D eigenvalue weighted by Gasteiger charge is 2.13. The molecule has 0 heterocycles. The molecule has 0 amide bonds. The monoisotopic (exact) mass is 317 g/mol. The number of aliphatic hydroxyl groups is 1. The van der Waals surface area contributed by atoms with Crippen molar-refractivity contribution in [3.8, 4) is 11.5 Å². The van der Waals surface area contributed by atoms with Crippen LogP contribution in [0, 0.1) is 0 Å². The van der Waals surface area contributed by atoms with Crippen LogP contribution in [0.3, 0.4) is 0 Å². The summed E-state index contributed by atoms with van der Waals surface area (Å²) in [5, 5.41) is 9.53. The number of benzene rings is 1. The van der Waals surface area contributed by atoms with Crippen molar-refractivity contribution in [1.29, 1.82) is 0 Å². The second-order valence-electron chi connectivity index (χ2n) is 3.92. The summed E-state index contributed by atoms with van der Waals surface area (Å²) in [5.74, 6) is 1.26. The maximum atomic E-state index is 9.53. The lowest BCUT2D eigenvalue weighted by Gasteiger charge is -2.16. The zero-order valence-electron chi connectivity index (χ0n) is 10.8. The predicted molar refractivity (Wildman–Crippen MR) is 75.0 cm³/mol. The summed E-state index contributed by atoms with van der Waals surface area (Å²) < 4.78 is 11.9. The van der Waals surface area contributed by atoms with Crippen LogP contribution in [0.5, 0.6) is 11.5 Å². The van der Waals surface area contributed by atoms with E-state index in [1.807, 2.05) is 26.0 Å². The van der Waals surface area contributed by atoms with Crippen molar-refractivity contribution in [3.05, 3.63) is 22.2 Å². The van der Waals surface area contributed by atoms with Crippen molar-refractivity contribution < 1.29 is 14.6 Å². The van der Waals surface area contributed by atoms with Gasteiger partial charge in [0.2, 0.25) is 0 Å². The molecule has 1 atom stereocenters. The van der Waals surface area contributed by atoms with Gasteiger partial charge in [-0.15, -0.1) is 0 Å². The fourth-order valence-electron chi connectivity index (χ4n) is 1.44. The van der Waals surface area contributed by atoms with Crippen LogP contribution in [0.15, 0.2) is 16.6 Å². The molecule has 0 saturated heterocycles. The summed E-state index contributed by atoms with van der Waals surface area (Å²) in [7, 11) is 0. The molecule has 102 valence electrons. The minimum Gasteiger partial charge on any atom is -0.490 e. The van der Waals surface area contributed by atoms with E-state index in [0.717, 1.165) is 10.0 Å². The largest absolute Gasteiger partial charge is 0.490 e. The number of hydrogen-bond acceptors (Lipinski definition) is 4. The Bertz CT molecular complexity index is 385. The standard InChI is InChI=1S/C13H20BrNO3/c1-3-10(16)8-18-13-11(14)5-9(7-15)6-12(13)17-4-2/h5-6,10,16H,3-4,7-8,15H2,1-2H3. The number of hydrogen-bond donors (Lipinski definition) is 2. The molecule has 18 heavy (non-hydrogen) atoms. The highest BCUT2D eigenvalue weighted by Crippen LogP contribution is 2.37. The molecule has 0 aliphatic heterocycles. The first kappa shape index (κ1) is 15.3. The number of halogens is 1. The van der Waals surface area contributed by atoms with Crippen molar-refractivity contribution in [1.82, 2.24) is 0 Å². The van der Waals surface area contributed by atoms with Crippen LogP contribution in [0.4, 0.5) is 0 Å². The molecule has 5 heteroatoms. The topological polar surface area (TPSA) is 64.7 Å². The molecular formula is C13H20BrNO3. The Labute approximate surface area is 116 Å². The van der Waals surface area contributed by atoms with Gasteiger partial charge in [0.1, 0.15) is 6.61 Å². The molecule has 0 saturated carbocycles. The first-order valence-corrected chi connectivity index (χ1v) is 6.87. The summed E-state index contributed by atoms with van der Waals surface area (Å²) in [6, 6.07) is 3.76. The molecule has 0 aliphatic rings. The molecule has 3 N–H and O–H groups in total. The molecule has 0 fully saturated rings. The van der Waals surface area contributed by atoms with E-state index < -0.39 is 6.10 Å². The lowest BCUT2D eigenvalue weighted by molar-refractivity contribution is 0.102. The van der Waals surface area contributed by atoms with E-state index in [4.69, 9.17) is 15.2 Å². The van der Waals surface area contributed by atoms with Crippen LogP contribution >= 0.6 is 15.9 Å². The van der Waals surface area contributed by atoms with E-state index in [1.54, 1.807) is 0 Å². The summed E-state index contributed by atoms with van der Waals surface area (Å²) in [6.07, 6.45) is 0.184. The zero-order chi connectivity index (χ0) is 13.5. The van der Waals surface area contributed by atoms with Crippen molar-refractivity contribution >= 4 is 15.9 Å². The molecule has 0 bridgehead atoms. The highest BCUT2D eigenvalue weighted by molar-refractivity contribution is 9.10. The molecule has 1 rings (SSSR count). The first-order chi connectivity index (χ1) is 8.62. The van der Waals surface area contributed by atoms with Crippen LogP contribution in [0.1, 0.15) is 25.8 Å². The van der Waals surface area contributed by atoms with Gasteiger partial charge in [-0.1, -0.05) is 6.92 Å². The second kappa shape index (κ2) is 7.61. The van der Waals surface area contributed by atoms with E-state index in [0.29, 0.717) is 31.1 Å². The van der Waals surface area contributed by atoms with Crippen LogP contribution in [-0.2, 0) is 6.54 Å². The Kier molecular flexibility index (Phi) is 6.46. The summed E-state index contributed by atoms with van der Waals surface area (Å²) in [4.78, 5) is 0. The summed E-state index contributed by atoms with van der Waals surface area (Å²) >= 11 is 3.44. The minimum absolute atomic E-state index is 0.247. The van der Waals surface area contributed by atoms with Crippen LogP contribution in [-0.4, -0.2) is 24.4 Å². The first-order valence-electron chi connectivity index (χ1n) is 6.08. The van der Waals surface area contributed by atoms with Gasteiger partial charge < -0.3 is 20.3 Å². The van der Waals surface area contributed by atoms with Crippen molar-refractivity contribution in [2.75, 3.05) is 13.2 Å². The molecule has 1 unspecified atom stereocenters. The predicted octanol–water partition coefficient (Wildman–Crippen LogP) is 2.46. The lowest BCUT2D eigenvalue weighted by atomic mass is 10.2. The number of ether oxygens (including phenoxy) is 2. The molecule has 0 aliphatic carbocycles. The van der Waals surface area contributed by atoms with E-state index >= 15 is 0 Å². The fraction of sp³-hybridized carbons (Fsp3) is 0.538. The van der Waals surface area contributed by atoms with Gasteiger partial charge in [-0.2, -0.15) is 0 Å². The van der Waals surface area contributed by atoms with Gasteiger partial charge in [-0.3, -0.25) is 0 Å². The maximum Gasteiger partial charge on any atom is 0.175 e. The summed E-state index contributed by atoms with van der Waals surface area (Å²) in [5.41, 5.74) is 6.59. The Morgan fingerprint density at radius 2 is 2.06 bits per heavy atom. The molecule has 1 aromatic carbocycles. The zero-order valence-corrected chi connectivity index (χ0v) is 12.4. The van der Waals surface area contributed by atoms with Crippen LogP contribution in [0.2, 0.25) is 0 Å². The average Bonchev–Trinajstić information content (AvgIpc) is 2.37. The third-order valence-electron chi connectivity index (χ3n) is 2.50. The van der Waals surface area contributed by atoms with Gasteiger partial charge in [-0.05, 0) is 47.0 Å². The molecule has 1 aromatic rings. The Morgan fingerprint density at radius 3 is 2.61 bits per heavy atom. The molecule has 0 spiro atoms. The quantitative estimate of drug-likeness (QED) is 0.810. The third kappa shape index (κ3) is 4.15. The van der Waals surface area contributed by atoms with Gasteiger partial charge in [0, 0.05) is 6.54 Å². The van der Waals surface area contributed by atoms with Gasteiger partial charge in [0.15, 0.2) is 11.5 Å². The molecule has 0 aromatic heterocycles. The fourth-order valence-corrected chi connectivity index (χ4v) is 2.04. The molecule has 0 radical (unpaired) electrons. The highest BCUT2D eigenvalue weighted by atomic mass is 79.9. The van der Waals surface area contributed by atoms with Crippen molar-refractivity contribution in [3.63, 3.8) is 0 Å². The minimum atomic E-state index is -0.472. The number of nitrogens with two attached hydrogens (primary N) is 1. The van der Waals surface area contributed by atoms with Crippen molar-refractivity contribution in [2.45, 2.75) is 32.9 Å². The van der Waals surface area contributed by atoms with Gasteiger partial charge in [-0.25, -0.2) is 0 Å². The van der Waals surface area contributed by atoms with Crippen LogP contribution < -0.4 is 15.2 Å². The van der Waals surface area contributed by atoms with E-state index in [2.05, 4.69) is 15.9 Å². The maximum absolute atomic E-state index is 9.53. The van der Waals surface area contributed by atoms with E-state index in [1.165, 1.54) is 0 Å². The van der Waals surface area contributed by atoms with Gasteiger partial charge in [0.25, 0.3) is 0 Å². The van der Waals surface area contributed by atoms with Gasteiger partial charge in [0.05, 0.1) is 17.2 Å². The Morgan fingerprint density at radius 1 is 1.33 bits per heavy atom. The summed E-state index contributed by atoms with van der Waals surface area (Å²) in [6.45, 7) is 5.05. The van der Waals surface area contributed by atoms with Crippen LogP contribution in [0.25, 0.3) is 0 Å². The SMILES string of the molecule is CCOc1cc(CN)cc(Br)c1OCC(O)CC. The van der Waals surface area contributed by atoms with Gasteiger partial charge >= 0.3 is 0 Å². The molecule has 4 nitrogen and oxygen atoms in total.